The largest absolute Gasteiger partial charge is 0.358 e. The first kappa shape index (κ1) is 12.2. The fraction of sp³-hybridized carbons (Fsp3) is 0.636. The quantitative estimate of drug-likeness (QED) is 0.795. The average molecular weight is 228 g/mol. The molecule has 0 radical (unpaired) electrons. The van der Waals surface area contributed by atoms with Crippen molar-refractivity contribution in [3.05, 3.63) is 16.3 Å². The number of nitrogens with zero attached hydrogens (tertiary/aromatic N) is 3. The fourth-order valence-electron chi connectivity index (χ4n) is 1.56. The third kappa shape index (κ3) is 2.81. The molecule has 0 spiro atoms. The van der Waals surface area contributed by atoms with Crippen LogP contribution >= 0.6 is 11.6 Å². The highest BCUT2D eigenvalue weighted by Gasteiger charge is 2.12. The molecular formula is C11H18ClN3. The second kappa shape index (κ2) is 4.79. The Labute approximate surface area is 96.5 Å². The highest BCUT2D eigenvalue weighted by atomic mass is 35.5. The zero-order chi connectivity index (χ0) is 11.6. The van der Waals surface area contributed by atoms with Gasteiger partial charge in [-0.05, 0) is 30.9 Å². The molecule has 15 heavy (non-hydrogen) atoms. The fourth-order valence-corrected chi connectivity index (χ4v) is 1.74. The van der Waals surface area contributed by atoms with Crippen LogP contribution in [0.15, 0.2) is 0 Å². The van der Waals surface area contributed by atoms with E-state index in [1.807, 2.05) is 20.9 Å². The number of halogens is 1. The third-order valence-electron chi connectivity index (χ3n) is 2.44. The van der Waals surface area contributed by atoms with Gasteiger partial charge in [-0.15, -0.1) is 10.2 Å². The molecule has 0 atom stereocenters. The molecule has 0 aromatic carbocycles. The van der Waals surface area contributed by atoms with Gasteiger partial charge in [0.05, 0.1) is 0 Å². The minimum Gasteiger partial charge on any atom is -0.358 e. The van der Waals surface area contributed by atoms with Crippen LogP contribution in [0.4, 0.5) is 5.82 Å². The molecule has 3 nitrogen and oxygen atoms in total. The van der Waals surface area contributed by atoms with Gasteiger partial charge < -0.3 is 4.90 Å². The van der Waals surface area contributed by atoms with Gasteiger partial charge in [0.25, 0.3) is 0 Å². The van der Waals surface area contributed by atoms with Crippen LogP contribution in [-0.4, -0.2) is 23.8 Å². The van der Waals surface area contributed by atoms with Crippen molar-refractivity contribution in [1.29, 1.82) is 0 Å². The lowest BCUT2D eigenvalue weighted by atomic mass is 10.1. The van der Waals surface area contributed by atoms with Crippen LogP contribution in [0, 0.1) is 19.8 Å². The minimum absolute atomic E-state index is 0.495. The van der Waals surface area contributed by atoms with Gasteiger partial charge in [0.1, 0.15) is 0 Å². The van der Waals surface area contributed by atoms with E-state index >= 15 is 0 Å². The molecule has 0 amide bonds. The standard InChI is InChI=1S/C11H18ClN3/c1-7(2)6-15(5)11-9(4)8(3)10(12)13-14-11/h7H,6H2,1-5H3. The molecule has 0 fully saturated rings. The van der Waals surface area contributed by atoms with E-state index in [0.29, 0.717) is 11.1 Å². The number of rotatable bonds is 3. The maximum absolute atomic E-state index is 5.90. The van der Waals surface area contributed by atoms with Crippen molar-refractivity contribution in [3.63, 3.8) is 0 Å². The Morgan fingerprint density at radius 2 is 1.80 bits per heavy atom. The summed E-state index contributed by atoms with van der Waals surface area (Å²) in [5.74, 6) is 1.53. The van der Waals surface area contributed by atoms with Crippen molar-refractivity contribution >= 4 is 17.4 Å². The summed E-state index contributed by atoms with van der Waals surface area (Å²) in [5, 5.41) is 8.57. The highest BCUT2D eigenvalue weighted by Crippen LogP contribution is 2.23. The lowest BCUT2D eigenvalue weighted by Crippen LogP contribution is -2.25. The van der Waals surface area contributed by atoms with Crippen LogP contribution in [0.2, 0.25) is 5.15 Å². The molecule has 1 aromatic heterocycles. The van der Waals surface area contributed by atoms with E-state index in [0.717, 1.165) is 23.5 Å². The SMILES string of the molecule is Cc1c(Cl)nnc(N(C)CC(C)C)c1C. The van der Waals surface area contributed by atoms with Crippen molar-refractivity contribution in [1.82, 2.24) is 10.2 Å². The minimum atomic E-state index is 0.495. The normalized spacial score (nSPS) is 10.9. The Hall–Kier alpha value is -0.830. The monoisotopic (exact) mass is 227 g/mol. The van der Waals surface area contributed by atoms with E-state index in [9.17, 15) is 0 Å². The first-order valence-corrected chi connectivity index (χ1v) is 5.51. The van der Waals surface area contributed by atoms with Crippen LogP contribution in [0.3, 0.4) is 0 Å². The molecule has 1 heterocycles. The number of hydrogen-bond acceptors (Lipinski definition) is 3. The summed E-state index contributed by atoms with van der Waals surface area (Å²) in [6.45, 7) is 9.34. The predicted octanol–water partition coefficient (Wildman–Crippen LogP) is 2.84. The molecule has 0 aliphatic heterocycles. The van der Waals surface area contributed by atoms with Crippen molar-refractivity contribution in [2.75, 3.05) is 18.5 Å². The summed E-state index contributed by atoms with van der Waals surface area (Å²) in [5.41, 5.74) is 2.12. The molecule has 0 N–H and O–H groups in total. The Bertz CT molecular complexity index is 350. The second-order valence-corrected chi connectivity index (χ2v) is 4.70. The Kier molecular flexibility index (Phi) is 3.91. The highest BCUT2D eigenvalue weighted by molar-refractivity contribution is 6.30. The smallest absolute Gasteiger partial charge is 0.155 e. The maximum Gasteiger partial charge on any atom is 0.155 e. The third-order valence-corrected chi connectivity index (χ3v) is 2.80. The van der Waals surface area contributed by atoms with E-state index in [1.165, 1.54) is 0 Å². The second-order valence-electron chi connectivity index (χ2n) is 4.34. The molecule has 1 aromatic rings. The van der Waals surface area contributed by atoms with Crippen LogP contribution in [0.5, 0.6) is 0 Å². The molecule has 0 saturated carbocycles. The first-order chi connectivity index (χ1) is 6.93. The van der Waals surface area contributed by atoms with Gasteiger partial charge >= 0.3 is 0 Å². The van der Waals surface area contributed by atoms with Gasteiger partial charge in [0.15, 0.2) is 11.0 Å². The van der Waals surface area contributed by atoms with Gasteiger partial charge in [-0.2, -0.15) is 0 Å². The summed E-state index contributed by atoms with van der Waals surface area (Å²) in [7, 11) is 2.03. The van der Waals surface area contributed by atoms with Gasteiger partial charge in [-0.1, -0.05) is 25.4 Å². The summed E-state index contributed by atoms with van der Waals surface area (Å²) in [6, 6.07) is 0. The molecule has 0 bridgehead atoms. The summed E-state index contributed by atoms with van der Waals surface area (Å²) < 4.78 is 0. The molecule has 0 unspecified atom stereocenters. The lowest BCUT2D eigenvalue weighted by molar-refractivity contribution is 0.631. The van der Waals surface area contributed by atoms with E-state index in [1.54, 1.807) is 0 Å². The van der Waals surface area contributed by atoms with E-state index < -0.39 is 0 Å². The molecule has 84 valence electrons. The Morgan fingerprint density at radius 3 is 2.33 bits per heavy atom. The average Bonchev–Trinajstić information content (AvgIpc) is 2.13. The van der Waals surface area contributed by atoms with Gasteiger partial charge in [-0.25, -0.2) is 0 Å². The van der Waals surface area contributed by atoms with Crippen molar-refractivity contribution < 1.29 is 0 Å². The molecule has 4 heteroatoms. The van der Waals surface area contributed by atoms with E-state index in [2.05, 4.69) is 28.9 Å². The van der Waals surface area contributed by atoms with E-state index in [4.69, 9.17) is 11.6 Å². The summed E-state index contributed by atoms with van der Waals surface area (Å²) in [6.07, 6.45) is 0. The van der Waals surface area contributed by atoms with Gasteiger partial charge in [-0.3, -0.25) is 0 Å². The van der Waals surface area contributed by atoms with Crippen molar-refractivity contribution in [3.8, 4) is 0 Å². The van der Waals surface area contributed by atoms with Crippen LogP contribution < -0.4 is 4.90 Å². The van der Waals surface area contributed by atoms with Crippen LogP contribution in [0.25, 0.3) is 0 Å². The molecule has 0 saturated heterocycles. The predicted molar refractivity (Wildman–Crippen MR) is 64.6 cm³/mol. The Morgan fingerprint density at radius 1 is 1.20 bits per heavy atom. The van der Waals surface area contributed by atoms with Gasteiger partial charge in [0, 0.05) is 13.6 Å². The summed E-state index contributed by atoms with van der Waals surface area (Å²) in [4.78, 5) is 2.12. The molecular weight excluding hydrogens is 210 g/mol. The number of aromatic nitrogens is 2. The number of hydrogen-bond donors (Lipinski definition) is 0. The first-order valence-electron chi connectivity index (χ1n) is 5.14. The van der Waals surface area contributed by atoms with Crippen molar-refractivity contribution in [2.24, 2.45) is 5.92 Å². The zero-order valence-electron chi connectivity index (χ0n) is 10.0. The Balaban J connectivity index is 3.00. The topological polar surface area (TPSA) is 29.0 Å². The molecule has 1 rings (SSSR count). The lowest BCUT2D eigenvalue weighted by Gasteiger charge is -2.22. The van der Waals surface area contributed by atoms with Crippen LogP contribution in [0.1, 0.15) is 25.0 Å². The van der Waals surface area contributed by atoms with Gasteiger partial charge in [0.2, 0.25) is 0 Å². The number of anilines is 1. The molecule has 0 aliphatic rings. The molecule has 0 aliphatic carbocycles. The zero-order valence-corrected chi connectivity index (χ0v) is 10.8. The van der Waals surface area contributed by atoms with E-state index in [-0.39, 0.29) is 0 Å². The maximum atomic E-state index is 5.90. The summed E-state index contributed by atoms with van der Waals surface area (Å²) >= 11 is 5.90. The van der Waals surface area contributed by atoms with Crippen LogP contribution in [-0.2, 0) is 0 Å². The van der Waals surface area contributed by atoms with Crippen molar-refractivity contribution in [2.45, 2.75) is 27.7 Å².